The maximum atomic E-state index is 12.9. The van der Waals surface area contributed by atoms with Crippen LogP contribution in [0.4, 0.5) is 0 Å². The molecule has 0 radical (unpaired) electrons. The molecule has 4 rings (SSSR count). The Morgan fingerprint density at radius 3 is 2.50 bits per heavy atom. The largest absolute Gasteiger partial charge is 0.493 e. The molecule has 1 aliphatic carbocycles. The molecule has 1 aromatic heterocycles. The second-order valence-corrected chi connectivity index (χ2v) is 7.77. The number of nitrogens with zero attached hydrogens (tertiary/aromatic N) is 1. The molecule has 3 aromatic rings. The Bertz CT molecular complexity index is 1140. The number of fused-ring (bicyclic) bond motifs is 1. The molecule has 1 aliphatic rings. The Morgan fingerprint density at radius 2 is 1.75 bits per heavy atom. The van der Waals surface area contributed by atoms with E-state index in [1.807, 2.05) is 30.3 Å². The van der Waals surface area contributed by atoms with E-state index in [-0.39, 0.29) is 18.6 Å². The highest BCUT2D eigenvalue weighted by Gasteiger charge is 2.20. The van der Waals surface area contributed by atoms with Crippen LogP contribution in [0.2, 0.25) is 0 Å². The molecule has 1 saturated carbocycles. The monoisotopic (exact) mass is 434 g/mol. The predicted octanol–water partition coefficient (Wildman–Crippen LogP) is 4.13. The van der Waals surface area contributed by atoms with Gasteiger partial charge in [0.1, 0.15) is 0 Å². The number of rotatable bonds is 7. The molecule has 0 aliphatic heterocycles. The second-order valence-electron chi connectivity index (χ2n) is 7.77. The van der Waals surface area contributed by atoms with Crippen LogP contribution in [0.1, 0.15) is 36.0 Å². The zero-order valence-electron chi connectivity index (χ0n) is 18.2. The first-order chi connectivity index (χ1) is 15.6. The number of esters is 1. The second kappa shape index (κ2) is 9.68. The minimum absolute atomic E-state index is 0.180. The van der Waals surface area contributed by atoms with Crippen molar-refractivity contribution in [2.24, 2.45) is 0 Å². The standard InChI is InChI=1S/C25H26N2O5/c1-30-22-12-11-16(13-23(22)31-2)21-14-19(18-9-5-6-10-20(18)27-21)25(29)32-15-24(28)26-17-7-3-4-8-17/h5-6,9-14,17H,3-4,7-8,15H2,1-2H3,(H,26,28). The molecule has 32 heavy (non-hydrogen) atoms. The lowest BCUT2D eigenvalue weighted by Crippen LogP contribution is -2.35. The molecule has 0 spiro atoms. The molecule has 1 heterocycles. The van der Waals surface area contributed by atoms with E-state index in [0.29, 0.717) is 33.7 Å². The van der Waals surface area contributed by atoms with E-state index in [2.05, 4.69) is 5.32 Å². The van der Waals surface area contributed by atoms with Crippen LogP contribution in [0, 0.1) is 0 Å². The third-order valence-electron chi connectivity index (χ3n) is 5.67. The van der Waals surface area contributed by atoms with E-state index in [4.69, 9.17) is 19.2 Å². The topological polar surface area (TPSA) is 86.8 Å². The van der Waals surface area contributed by atoms with Gasteiger partial charge in [0, 0.05) is 17.0 Å². The first kappa shape index (κ1) is 21.6. The number of hydrogen-bond donors (Lipinski definition) is 1. The van der Waals surface area contributed by atoms with Gasteiger partial charge in [-0.05, 0) is 43.2 Å². The van der Waals surface area contributed by atoms with Gasteiger partial charge in [-0.15, -0.1) is 0 Å². The minimum Gasteiger partial charge on any atom is -0.493 e. The van der Waals surface area contributed by atoms with E-state index < -0.39 is 5.97 Å². The molecule has 0 saturated heterocycles. The van der Waals surface area contributed by atoms with Crippen molar-refractivity contribution in [2.45, 2.75) is 31.7 Å². The number of benzene rings is 2. The van der Waals surface area contributed by atoms with Crippen molar-refractivity contribution < 1.29 is 23.8 Å². The summed E-state index contributed by atoms with van der Waals surface area (Å²) in [6, 6.07) is 14.7. The van der Waals surface area contributed by atoms with Crippen molar-refractivity contribution in [2.75, 3.05) is 20.8 Å². The van der Waals surface area contributed by atoms with E-state index >= 15 is 0 Å². The zero-order chi connectivity index (χ0) is 22.5. The van der Waals surface area contributed by atoms with E-state index in [1.165, 1.54) is 0 Å². The molecule has 7 heteroatoms. The summed E-state index contributed by atoms with van der Waals surface area (Å²) >= 11 is 0. The number of carbonyl (C=O) groups is 2. The molecule has 1 N–H and O–H groups in total. The highest BCUT2D eigenvalue weighted by Crippen LogP contribution is 2.33. The number of nitrogens with one attached hydrogen (secondary N) is 1. The Balaban J connectivity index is 1.60. The van der Waals surface area contributed by atoms with Gasteiger partial charge in [-0.3, -0.25) is 4.79 Å². The van der Waals surface area contributed by atoms with Gasteiger partial charge in [0.25, 0.3) is 5.91 Å². The molecule has 1 fully saturated rings. The minimum atomic E-state index is -0.563. The van der Waals surface area contributed by atoms with Gasteiger partial charge >= 0.3 is 5.97 Å². The summed E-state index contributed by atoms with van der Waals surface area (Å²) in [6.07, 6.45) is 4.19. The van der Waals surface area contributed by atoms with Gasteiger partial charge in [-0.2, -0.15) is 0 Å². The van der Waals surface area contributed by atoms with Crippen LogP contribution in [0.15, 0.2) is 48.5 Å². The number of methoxy groups -OCH3 is 2. The van der Waals surface area contributed by atoms with Crippen LogP contribution >= 0.6 is 0 Å². The van der Waals surface area contributed by atoms with Gasteiger partial charge in [-0.25, -0.2) is 9.78 Å². The van der Waals surface area contributed by atoms with E-state index in [9.17, 15) is 9.59 Å². The van der Waals surface area contributed by atoms with Crippen molar-refractivity contribution in [3.05, 3.63) is 54.1 Å². The fourth-order valence-corrected chi connectivity index (χ4v) is 4.04. The molecule has 1 amide bonds. The lowest BCUT2D eigenvalue weighted by Gasteiger charge is -2.13. The highest BCUT2D eigenvalue weighted by atomic mass is 16.5. The summed E-state index contributed by atoms with van der Waals surface area (Å²) < 4.78 is 16.1. The molecular formula is C25H26N2O5. The van der Waals surface area contributed by atoms with Gasteiger partial charge in [0.15, 0.2) is 18.1 Å². The van der Waals surface area contributed by atoms with Crippen LogP contribution in [0.3, 0.4) is 0 Å². The van der Waals surface area contributed by atoms with Gasteiger partial charge in [0.2, 0.25) is 0 Å². The van der Waals surface area contributed by atoms with Crippen molar-refractivity contribution in [1.82, 2.24) is 10.3 Å². The van der Waals surface area contributed by atoms with Crippen molar-refractivity contribution in [3.8, 4) is 22.8 Å². The lowest BCUT2D eigenvalue weighted by atomic mass is 10.0. The molecule has 0 atom stereocenters. The fraction of sp³-hybridized carbons (Fsp3) is 0.320. The SMILES string of the molecule is COc1ccc(-c2cc(C(=O)OCC(=O)NC3CCCC3)c3ccccc3n2)cc1OC. The van der Waals surface area contributed by atoms with Crippen LogP contribution in [-0.2, 0) is 9.53 Å². The van der Waals surface area contributed by atoms with Crippen LogP contribution < -0.4 is 14.8 Å². The first-order valence-electron chi connectivity index (χ1n) is 10.7. The molecule has 0 bridgehead atoms. The zero-order valence-corrected chi connectivity index (χ0v) is 18.2. The Morgan fingerprint density at radius 1 is 1.00 bits per heavy atom. The molecule has 7 nitrogen and oxygen atoms in total. The van der Waals surface area contributed by atoms with Crippen LogP contribution in [0.25, 0.3) is 22.2 Å². The Kier molecular flexibility index (Phi) is 6.54. The Labute approximate surface area is 186 Å². The number of pyridine rings is 1. The number of aromatic nitrogens is 1. The smallest absolute Gasteiger partial charge is 0.339 e. The summed E-state index contributed by atoms with van der Waals surface area (Å²) in [5.41, 5.74) is 2.37. The number of amides is 1. The number of para-hydroxylation sites is 1. The first-order valence-corrected chi connectivity index (χ1v) is 10.7. The number of ether oxygens (including phenoxy) is 3. The Hall–Kier alpha value is -3.61. The van der Waals surface area contributed by atoms with E-state index in [1.54, 1.807) is 32.4 Å². The van der Waals surface area contributed by atoms with Gasteiger partial charge < -0.3 is 19.5 Å². The third-order valence-corrected chi connectivity index (χ3v) is 5.67. The lowest BCUT2D eigenvalue weighted by molar-refractivity contribution is -0.124. The maximum Gasteiger partial charge on any atom is 0.339 e. The maximum absolute atomic E-state index is 12.9. The fourth-order valence-electron chi connectivity index (χ4n) is 4.04. The summed E-state index contributed by atoms with van der Waals surface area (Å²) in [4.78, 5) is 29.8. The average Bonchev–Trinajstić information content (AvgIpc) is 3.34. The van der Waals surface area contributed by atoms with Crippen LogP contribution in [-0.4, -0.2) is 43.7 Å². The summed E-state index contributed by atoms with van der Waals surface area (Å²) in [5.74, 6) is 0.327. The summed E-state index contributed by atoms with van der Waals surface area (Å²) in [6.45, 7) is -0.308. The van der Waals surface area contributed by atoms with Crippen molar-refractivity contribution >= 4 is 22.8 Å². The quantitative estimate of drug-likeness (QED) is 0.563. The average molecular weight is 434 g/mol. The van der Waals surface area contributed by atoms with Gasteiger partial charge in [-0.1, -0.05) is 31.0 Å². The van der Waals surface area contributed by atoms with E-state index in [0.717, 1.165) is 31.2 Å². The molecule has 2 aromatic carbocycles. The summed E-state index contributed by atoms with van der Waals surface area (Å²) in [5, 5.41) is 3.59. The van der Waals surface area contributed by atoms with Gasteiger partial charge in [0.05, 0.1) is 31.0 Å². The summed E-state index contributed by atoms with van der Waals surface area (Å²) in [7, 11) is 3.14. The molecular weight excluding hydrogens is 408 g/mol. The third kappa shape index (κ3) is 4.66. The van der Waals surface area contributed by atoms with Crippen molar-refractivity contribution in [1.29, 1.82) is 0 Å². The number of hydrogen-bond acceptors (Lipinski definition) is 6. The predicted molar refractivity (Wildman–Crippen MR) is 121 cm³/mol. The highest BCUT2D eigenvalue weighted by molar-refractivity contribution is 6.05. The normalized spacial score (nSPS) is 13.7. The molecule has 166 valence electrons. The number of carbonyl (C=O) groups excluding carboxylic acids is 2. The molecule has 0 unspecified atom stereocenters. The van der Waals surface area contributed by atoms with Crippen LogP contribution in [0.5, 0.6) is 11.5 Å². The van der Waals surface area contributed by atoms with Crippen molar-refractivity contribution in [3.63, 3.8) is 0 Å².